The first-order chi connectivity index (χ1) is 8.14. The molecular formula is C13H27N3O. The molecule has 0 bridgehead atoms. The normalized spacial score (nSPS) is 19.3. The number of amides is 1. The highest BCUT2D eigenvalue weighted by Gasteiger charge is 2.37. The number of nitrogens with zero attached hydrogens (tertiary/aromatic N) is 1. The van der Waals surface area contributed by atoms with Crippen molar-refractivity contribution in [1.29, 1.82) is 0 Å². The maximum Gasteiger partial charge on any atom is 0.226 e. The van der Waals surface area contributed by atoms with Crippen LogP contribution in [0.5, 0.6) is 0 Å². The van der Waals surface area contributed by atoms with Crippen molar-refractivity contribution >= 4 is 5.91 Å². The van der Waals surface area contributed by atoms with Crippen LogP contribution in [-0.2, 0) is 4.79 Å². The van der Waals surface area contributed by atoms with Crippen LogP contribution in [0.2, 0.25) is 0 Å². The molecule has 1 rings (SSSR count). The van der Waals surface area contributed by atoms with Gasteiger partial charge >= 0.3 is 0 Å². The lowest BCUT2D eigenvalue weighted by molar-refractivity contribution is -0.132. The first kappa shape index (κ1) is 14.5. The number of nitrogens with one attached hydrogen (secondary N) is 2. The van der Waals surface area contributed by atoms with E-state index in [0.29, 0.717) is 0 Å². The van der Waals surface area contributed by atoms with Gasteiger partial charge in [-0.1, -0.05) is 13.8 Å². The van der Waals surface area contributed by atoms with Crippen LogP contribution in [0.3, 0.4) is 0 Å². The van der Waals surface area contributed by atoms with Gasteiger partial charge in [0, 0.05) is 13.1 Å². The highest BCUT2D eigenvalue weighted by Crippen LogP contribution is 2.32. The van der Waals surface area contributed by atoms with Crippen LogP contribution in [0.4, 0.5) is 0 Å². The summed E-state index contributed by atoms with van der Waals surface area (Å²) in [4.78, 5) is 14.5. The lowest BCUT2D eigenvalue weighted by atomic mass is 9.76. The van der Waals surface area contributed by atoms with E-state index >= 15 is 0 Å². The van der Waals surface area contributed by atoms with E-state index < -0.39 is 0 Å². The largest absolute Gasteiger partial charge is 0.354 e. The smallest absolute Gasteiger partial charge is 0.226 e. The molecule has 2 N–H and O–H groups in total. The first-order valence-electron chi connectivity index (χ1n) is 6.82. The van der Waals surface area contributed by atoms with Gasteiger partial charge in [0.2, 0.25) is 5.91 Å². The molecule has 0 atom stereocenters. The molecule has 0 aliphatic carbocycles. The fourth-order valence-electron chi connectivity index (χ4n) is 2.35. The van der Waals surface area contributed by atoms with Crippen LogP contribution in [-0.4, -0.2) is 50.6 Å². The number of carbonyl (C=O) groups excluding carboxylic acids is 1. The van der Waals surface area contributed by atoms with E-state index in [2.05, 4.69) is 36.4 Å². The number of piperidine rings is 1. The molecule has 1 amide bonds. The van der Waals surface area contributed by atoms with Gasteiger partial charge in [0.1, 0.15) is 0 Å². The molecule has 0 aromatic heterocycles. The van der Waals surface area contributed by atoms with Crippen LogP contribution in [0.15, 0.2) is 0 Å². The Hall–Kier alpha value is -0.610. The van der Waals surface area contributed by atoms with Crippen LogP contribution in [0.1, 0.15) is 33.1 Å². The lowest BCUT2D eigenvalue weighted by Gasteiger charge is -2.35. The van der Waals surface area contributed by atoms with Gasteiger partial charge in [0.25, 0.3) is 0 Å². The molecule has 4 nitrogen and oxygen atoms in total. The number of hydrogen-bond donors (Lipinski definition) is 2. The molecule has 4 heteroatoms. The summed E-state index contributed by atoms with van der Waals surface area (Å²) >= 11 is 0. The minimum Gasteiger partial charge on any atom is -0.354 e. The Kier molecular flexibility index (Phi) is 5.92. The molecule has 17 heavy (non-hydrogen) atoms. The van der Waals surface area contributed by atoms with Gasteiger partial charge in [-0.15, -0.1) is 0 Å². The number of hydrogen-bond acceptors (Lipinski definition) is 3. The van der Waals surface area contributed by atoms with Crippen molar-refractivity contribution in [2.75, 3.05) is 39.8 Å². The number of carbonyl (C=O) groups is 1. The Morgan fingerprint density at radius 3 is 2.53 bits per heavy atom. The molecule has 1 saturated heterocycles. The molecule has 0 unspecified atom stereocenters. The molecule has 0 spiro atoms. The standard InChI is InChI=1S/C13H27N3O/c1-4-13(6-8-14-9-7-13)12(17)15-10-11-16(3)5-2/h14H,4-11H2,1-3H3,(H,15,17). The summed E-state index contributed by atoms with van der Waals surface area (Å²) in [6.07, 6.45) is 2.89. The molecule has 1 fully saturated rings. The Bertz CT molecular complexity index is 237. The molecule has 1 aliphatic rings. The van der Waals surface area contributed by atoms with Gasteiger partial charge in [-0.25, -0.2) is 0 Å². The zero-order chi connectivity index (χ0) is 12.7. The van der Waals surface area contributed by atoms with E-state index in [4.69, 9.17) is 0 Å². The minimum absolute atomic E-state index is 0.115. The van der Waals surface area contributed by atoms with E-state index in [1.54, 1.807) is 0 Å². The van der Waals surface area contributed by atoms with Crippen molar-refractivity contribution < 1.29 is 4.79 Å². The Labute approximate surface area is 105 Å². The highest BCUT2D eigenvalue weighted by atomic mass is 16.2. The molecule has 1 heterocycles. The highest BCUT2D eigenvalue weighted by molar-refractivity contribution is 5.82. The second-order valence-corrected chi connectivity index (χ2v) is 5.04. The van der Waals surface area contributed by atoms with Crippen molar-refractivity contribution in [2.45, 2.75) is 33.1 Å². The summed E-state index contributed by atoms with van der Waals surface area (Å²) in [5, 5.41) is 6.42. The van der Waals surface area contributed by atoms with E-state index in [1.807, 2.05) is 0 Å². The van der Waals surface area contributed by atoms with Gasteiger partial charge in [0.05, 0.1) is 5.41 Å². The van der Waals surface area contributed by atoms with Crippen LogP contribution in [0.25, 0.3) is 0 Å². The van der Waals surface area contributed by atoms with Crippen molar-refractivity contribution in [3.8, 4) is 0 Å². The van der Waals surface area contributed by atoms with E-state index in [-0.39, 0.29) is 11.3 Å². The van der Waals surface area contributed by atoms with E-state index in [0.717, 1.165) is 52.0 Å². The van der Waals surface area contributed by atoms with Gasteiger partial charge in [0.15, 0.2) is 0 Å². The van der Waals surface area contributed by atoms with Gasteiger partial charge in [-0.2, -0.15) is 0 Å². The van der Waals surface area contributed by atoms with Gasteiger partial charge in [-0.3, -0.25) is 4.79 Å². The maximum atomic E-state index is 12.3. The molecule has 1 aliphatic heterocycles. The Balaban J connectivity index is 2.38. The summed E-state index contributed by atoms with van der Waals surface area (Å²) in [7, 11) is 2.08. The number of rotatable bonds is 6. The summed E-state index contributed by atoms with van der Waals surface area (Å²) in [5.41, 5.74) is -0.115. The zero-order valence-electron chi connectivity index (χ0n) is 11.5. The zero-order valence-corrected chi connectivity index (χ0v) is 11.5. The molecule has 0 aromatic carbocycles. The SMILES string of the molecule is CCN(C)CCNC(=O)C1(CC)CCNCC1. The lowest BCUT2D eigenvalue weighted by Crippen LogP contribution is -2.48. The van der Waals surface area contributed by atoms with Crippen molar-refractivity contribution in [2.24, 2.45) is 5.41 Å². The first-order valence-corrected chi connectivity index (χ1v) is 6.82. The predicted octanol–water partition coefficient (Wildman–Crippen LogP) is 0.834. The third-order valence-corrected chi connectivity index (χ3v) is 4.04. The third-order valence-electron chi connectivity index (χ3n) is 4.04. The monoisotopic (exact) mass is 241 g/mol. The second kappa shape index (κ2) is 6.97. The van der Waals surface area contributed by atoms with E-state index in [9.17, 15) is 4.79 Å². The fourth-order valence-corrected chi connectivity index (χ4v) is 2.35. The average Bonchev–Trinajstić information content (AvgIpc) is 2.39. The predicted molar refractivity (Wildman–Crippen MR) is 71.0 cm³/mol. The molecule has 0 saturated carbocycles. The summed E-state index contributed by atoms with van der Waals surface area (Å²) in [6.45, 7) is 8.91. The second-order valence-electron chi connectivity index (χ2n) is 5.04. The third kappa shape index (κ3) is 3.96. The molecule has 0 aromatic rings. The van der Waals surface area contributed by atoms with Crippen LogP contribution in [0, 0.1) is 5.41 Å². The van der Waals surface area contributed by atoms with Crippen molar-refractivity contribution in [1.82, 2.24) is 15.5 Å². The minimum atomic E-state index is -0.115. The van der Waals surface area contributed by atoms with Crippen LogP contribution >= 0.6 is 0 Å². The molecule has 0 radical (unpaired) electrons. The number of likely N-dealkylation sites (N-methyl/N-ethyl adjacent to an activating group) is 1. The molecule has 100 valence electrons. The Morgan fingerprint density at radius 2 is 2.00 bits per heavy atom. The topological polar surface area (TPSA) is 44.4 Å². The quantitative estimate of drug-likeness (QED) is 0.724. The summed E-state index contributed by atoms with van der Waals surface area (Å²) < 4.78 is 0. The molecular weight excluding hydrogens is 214 g/mol. The summed E-state index contributed by atoms with van der Waals surface area (Å²) in [6, 6.07) is 0. The van der Waals surface area contributed by atoms with Crippen LogP contribution < -0.4 is 10.6 Å². The Morgan fingerprint density at radius 1 is 1.35 bits per heavy atom. The van der Waals surface area contributed by atoms with E-state index in [1.165, 1.54) is 0 Å². The average molecular weight is 241 g/mol. The van der Waals surface area contributed by atoms with Crippen molar-refractivity contribution in [3.63, 3.8) is 0 Å². The van der Waals surface area contributed by atoms with Crippen molar-refractivity contribution in [3.05, 3.63) is 0 Å². The fraction of sp³-hybridized carbons (Fsp3) is 0.923. The van der Waals surface area contributed by atoms with Gasteiger partial charge in [-0.05, 0) is 45.9 Å². The summed E-state index contributed by atoms with van der Waals surface area (Å²) in [5.74, 6) is 0.256. The maximum absolute atomic E-state index is 12.3. The van der Waals surface area contributed by atoms with Gasteiger partial charge < -0.3 is 15.5 Å².